The monoisotopic (exact) mass is 560 g/mol. The van der Waals surface area contributed by atoms with Gasteiger partial charge in [0, 0.05) is 11.8 Å². The Balaban J connectivity index is 1.55. The van der Waals surface area contributed by atoms with E-state index in [1.54, 1.807) is 39.1 Å². The topological polar surface area (TPSA) is 127 Å². The molecule has 2 N–H and O–H groups in total. The van der Waals surface area contributed by atoms with Crippen LogP contribution >= 0.6 is 0 Å². The lowest BCUT2D eigenvalue weighted by atomic mass is 10.1. The number of carbonyl (C=O) groups excluding carboxylic acids is 4. The number of hydrazine groups is 1. The average Bonchev–Trinajstić information content (AvgIpc) is 2.95. The van der Waals surface area contributed by atoms with Crippen LogP contribution in [0.2, 0.25) is 0 Å². The van der Waals surface area contributed by atoms with E-state index in [0.29, 0.717) is 0 Å². The molecule has 41 heavy (non-hydrogen) atoms. The number of amides is 2. The number of esters is 1. The minimum absolute atomic E-state index is 0.0234. The quantitative estimate of drug-likeness (QED) is 0.253. The maximum absolute atomic E-state index is 12.9. The molecular formula is C31H36N4O6. The molecule has 0 saturated heterocycles. The van der Waals surface area contributed by atoms with Gasteiger partial charge in [-0.1, -0.05) is 54.6 Å². The second kappa shape index (κ2) is 14.7. The minimum Gasteiger partial charge on any atom is -0.458 e. The lowest BCUT2D eigenvalue weighted by Crippen LogP contribution is -2.54. The third kappa shape index (κ3) is 10.5. The fourth-order valence-corrected chi connectivity index (χ4v) is 3.70. The number of Topliss-reactive ketones (excluding diaryl/α,β-unsaturated/α-hetero) is 1. The van der Waals surface area contributed by atoms with E-state index < -0.39 is 29.5 Å². The molecule has 1 aromatic heterocycles. The van der Waals surface area contributed by atoms with Crippen LogP contribution in [0.25, 0.3) is 11.3 Å². The zero-order chi connectivity index (χ0) is 29.8. The second-order valence-corrected chi connectivity index (χ2v) is 10.4. The van der Waals surface area contributed by atoms with E-state index in [2.05, 4.69) is 15.7 Å². The van der Waals surface area contributed by atoms with E-state index in [4.69, 9.17) is 9.47 Å². The summed E-state index contributed by atoms with van der Waals surface area (Å²) in [5, 5.41) is 3.53. The highest BCUT2D eigenvalue weighted by Gasteiger charge is 2.31. The summed E-state index contributed by atoms with van der Waals surface area (Å²) in [4.78, 5) is 55.0. The predicted molar refractivity (Wildman–Crippen MR) is 153 cm³/mol. The molecule has 0 saturated carbocycles. The lowest BCUT2D eigenvalue weighted by Gasteiger charge is -2.30. The second-order valence-electron chi connectivity index (χ2n) is 10.4. The van der Waals surface area contributed by atoms with Crippen molar-refractivity contribution >= 4 is 23.8 Å². The molecule has 2 aromatic carbocycles. The van der Waals surface area contributed by atoms with Crippen molar-refractivity contribution in [3.63, 3.8) is 0 Å². The molecule has 2 amide bonds. The lowest BCUT2D eigenvalue weighted by molar-refractivity contribution is -0.161. The van der Waals surface area contributed by atoms with Crippen LogP contribution in [0.5, 0.6) is 0 Å². The van der Waals surface area contributed by atoms with Gasteiger partial charge >= 0.3 is 12.1 Å². The summed E-state index contributed by atoms with van der Waals surface area (Å²) in [6, 6.07) is 21.0. The van der Waals surface area contributed by atoms with Crippen LogP contribution in [0.1, 0.15) is 38.8 Å². The first-order valence-corrected chi connectivity index (χ1v) is 13.3. The Kier molecular flexibility index (Phi) is 11.1. The highest BCUT2D eigenvalue weighted by Crippen LogP contribution is 2.18. The fraction of sp³-hybridized carbons (Fsp3) is 0.323. The van der Waals surface area contributed by atoms with E-state index in [0.717, 1.165) is 27.4 Å². The number of ether oxygens (including phenoxy) is 2. The Bertz CT molecular complexity index is 1330. The first kappa shape index (κ1) is 31.0. The minimum atomic E-state index is -1.09. The van der Waals surface area contributed by atoms with Gasteiger partial charge in [0.05, 0.1) is 25.2 Å². The number of ketones is 1. The van der Waals surface area contributed by atoms with Gasteiger partial charge in [-0.05, 0) is 57.0 Å². The summed E-state index contributed by atoms with van der Waals surface area (Å²) < 4.78 is 10.8. The number of rotatable bonds is 12. The molecule has 1 atom stereocenters. The summed E-state index contributed by atoms with van der Waals surface area (Å²) in [5.41, 5.74) is 5.11. The zero-order valence-corrected chi connectivity index (χ0v) is 23.8. The van der Waals surface area contributed by atoms with E-state index in [1.807, 2.05) is 60.7 Å². The van der Waals surface area contributed by atoms with Gasteiger partial charge in [0.2, 0.25) is 5.91 Å². The van der Waals surface area contributed by atoms with Gasteiger partial charge in [-0.3, -0.25) is 14.6 Å². The molecule has 3 aromatic rings. The fourth-order valence-electron chi connectivity index (χ4n) is 3.70. The van der Waals surface area contributed by atoms with E-state index >= 15 is 0 Å². The molecule has 0 fully saturated rings. The molecule has 0 aliphatic heterocycles. The number of hydrogen-bond donors (Lipinski definition) is 2. The predicted octanol–water partition coefficient (Wildman–Crippen LogP) is 3.85. The molecule has 0 radical (unpaired) electrons. The molecule has 0 aliphatic carbocycles. The van der Waals surface area contributed by atoms with Gasteiger partial charge in [0.25, 0.3) is 0 Å². The molecule has 0 bridgehead atoms. The van der Waals surface area contributed by atoms with Crippen molar-refractivity contribution in [2.24, 2.45) is 0 Å². The molecule has 0 unspecified atom stereocenters. The van der Waals surface area contributed by atoms with E-state index in [-0.39, 0.29) is 32.0 Å². The van der Waals surface area contributed by atoms with Crippen LogP contribution < -0.4 is 10.7 Å². The van der Waals surface area contributed by atoms with Gasteiger partial charge in [-0.2, -0.15) is 0 Å². The third-order valence-electron chi connectivity index (χ3n) is 5.72. The van der Waals surface area contributed by atoms with Crippen molar-refractivity contribution in [2.75, 3.05) is 13.1 Å². The summed E-state index contributed by atoms with van der Waals surface area (Å²) >= 11 is 0. The van der Waals surface area contributed by atoms with Crippen molar-refractivity contribution in [3.05, 3.63) is 90.1 Å². The summed E-state index contributed by atoms with van der Waals surface area (Å²) in [6.07, 6.45) is 0.929. The first-order valence-electron chi connectivity index (χ1n) is 13.3. The maximum Gasteiger partial charge on any atom is 0.425 e. The average molecular weight is 561 g/mol. The SMILES string of the molecule is C[C@@H](C(=O)OC(C)(C)C)N(NCC(=O)CNC(=O)Cc1cccc(-c2ccccn2)c1)C(=O)OCc1ccccc1. The van der Waals surface area contributed by atoms with Crippen molar-refractivity contribution < 1.29 is 28.7 Å². The Morgan fingerprint density at radius 2 is 1.61 bits per heavy atom. The van der Waals surface area contributed by atoms with Crippen molar-refractivity contribution in [1.82, 2.24) is 20.7 Å². The van der Waals surface area contributed by atoms with Gasteiger partial charge in [0.15, 0.2) is 5.78 Å². The Morgan fingerprint density at radius 3 is 2.29 bits per heavy atom. The van der Waals surface area contributed by atoms with Crippen LogP contribution in [0.4, 0.5) is 4.79 Å². The van der Waals surface area contributed by atoms with E-state index in [9.17, 15) is 19.2 Å². The van der Waals surface area contributed by atoms with Crippen molar-refractivity contribution in [3.8, 4) is 11.3 Å². The molecule has 0 aliphatic rings. The van der Waals surface area contributed by atoms with Crippen LogP contribution in [0, 0.1) is 0 Å². The number of nitrogens with one attached hydrogen (secondary N) is 2. The van der Waals surface area contributed by atoms with Crippen LogP contribution in [-0.2, 0) is 36.9 Å². The summed E-state index contributed by atoms with van der Waals surface area (Å²) in [7, 11) is 0. The molecule has 0 spiro atoms. The van der Waals surface area contributed by atoms with Crippen molar-refractivity contribution in [2.45, 2.75) is 52.4 Å². The molecular weight excluding hydrogens is 524 g/mol. The molecule has 10 nitrogen and oxygen atoms in total. The number of nitrogens with zero attached hydrogens (tertiary/aromatic N) is 2. The van der Waals surface area contributed by atoms with Gasteiger partial charge < -0.3 is 14.8 Å². The number of pyridine rings is 1. The summed E-state index contributed by atoms with van der Waals surface area (Å²) in [6.45, 7) is 5.99. The Hall–Kier alpha value is -4.57. The third-order valence-corrected chi connectivity index (χ3v) is 5.72. The van der Waals surface area contributed by atoms with Crippen LogP contribution in [0.15, 0.2) is 79.0 Å². The number of hydrogen-bond acceptors (Lipinski definition) is 8. The highest BCUT2D eigenvalue weighted by molar-refractivity contribution is 5.88. The van der Waals surface area contributed by atoms with Crippen LogP contribution in [-0.4, -0.2) is 58.5 Å². The molecule has 216 valence electrons. The van der Waals surface area contributed by atoms with E-state index in [1.165, 1.54) is 6.92 Å². The van der Waals surface area contributed by atoms with Crippen LogP contribution in [0.3, 0.4) is 0 Å². The number of benzene rings is 2. The smallest absolute Gasteiger partial charge is 0.425 e. The highest BCUT2D eigenvalue weighted by atomic mass is 16.6. The number of aromatic nitrogens is 1. The van der Waals surface area contributed by atoms with Crippen molar-refractivity contribution in [1.29, 1.82) is 0 Å². The number of carbonyl (C=O) groups is 4. The molecule has 1 heterocycles. The normalized spacial score (nSPS) is 11.7. The first-order chi connectivity index (χ1) is 19.5. The largest absolute Gasteiger partial charge is 0.458 e. The Morgan fingerprint density at radius 1 is 0.902 bits per heavy atom. The van der Waals surface area contributed by atoms with Gasteiger partial charge in [-0.15, -0.1) is 0 Å². The maximum atomic E-state index is 12.9. The standard InChI is InChI=1S/C31H36N4O6/c1-22(29(38)41-31(2,3)4)35(30(39)40-21-23-11-6-5-7-12-23)34-20-26(36)19-33-28(37)18-24-13-10-14-25(17-24)27-15-8-9-16-32-27/h5-17,22,34H,18-21H2,1-4H3,(H,33,37)/t22-/m0/s1. The Labute approximate surface area is 240 Å². The van der Waals surface area contributed by atoms with Gasteiger partial charge in [0.1, 0.15) is 18.2 Å². The summed E-state index contributed by atoms with van der Waals surface area (Å²) in [5.74, 6) is -1.41. The molecule has 10 heteroatoms. The zero-order valence-electron chi connectivity index (χ0n) is 23.8. The van der Waals surface area contributed by atoms with Gasteiger partial charge in [-0.25, -0.2) is 20.0 Å². The molecule has 3 rings (SSSR count).